The number of methoxy groups -OCH3 is 1. The fourth-order valence-electron chi connectivity index (χ4n) is 4.46. The number of ketones is 1. The van der Waals surface area contributed by atoms with Crippen LogP contribution in [0.2, 0.25) is 0 Å². The number of hydrogen-bond acceptors (Lipinski definition) is 7. The molecular weight excluding hydrogens is 548 g/mol. The van der Waals surface area contributed by atoms with E-state index in [0.717, 1.165) is 28.2 Å². The van der Waals surface area contributed by atoms with Gasteiger partial charge in [0.15, 0.2) is 6.61 Å². The minimum absolute atomic E-state index is 0.110. The molecule has 40 heavy (non-hydrogen) atoms. The molecule has 1 amide bonds. The van der Waals surface area contributed by atoms with Crippen LogP contribution in [0, 0.1) is 0 Å². The van der Waals surface area contributed by atoms with Crippen LogP contribution in [-0.4, -0.2) is 56.7 Å². The SMILES string of the molecule is COc1ccccc1C(=O)COc1ccc(/C=C2\SC(=S)N([C@@H](Cc3c[nH]c4ccccc34)C(=O)O)C2=O)cc1. The molecule has 1 saturated heterocycles. The van der Waals surface area contributed by atoms with Gasteiger partial charge in [-0.3, -0.25) is 14.5 Å². The molecule has 1 fully saturated rings. The molecule has 2 heterocycles. The molecule has 1 aromatic heterocycles. The number of Topliss-reactive ketones (excluding diaryl/α,β-unsaturated/α-hetero) is 1. The Balaban J connectivity index is 1.27. The molecule has 0 aliphatic carbocycles. The van der Waals surface area contributed by atoms with Crippen LogP contribution in [0.25, 0.3) is 17.0 Å². The summed E-state index contributed by atoms with van der Waals surface area (Å²) in [5, 5.41) is 10.9. The molecular formula is C30H24N2O6S2. The standard InChI is InChI=1S/C30H24N2O6S2/c1-37-26-9-5-3-7-22(26)25(33)17-38-20-12-10-18(11-13-20)14-27-28(34)32(30(39)40-27)24(29(35)36)15-19-16-31-23-8-4-2-6-21(19)23/h2-14,16,24,31H,15,17H2,1H3,(H,35,36)/b27-14-/t24-/m0/s1. The number of amides is 1. The van der Waals surface area contributed by atoms with Crippen LogP contribution in [0.1, 0.15) is 21.5 Å². The van der Waals surface area contributed by atoms with Gasteiger partial charge in [0.1, 0.15) is 21.9 Å². The molecule has 0 bridgehead atoms. The van der Waals surface area contributed by atoms with Gasteiger partial charge in [-0.25, -0.2) is 4.79 Å². The number of carbonyl (C=O) groups is 3. The highest BCUT2D eigenvalue weighted by Gasteiger charge is 2.40. The number of nitrogens with zero attached hydrogens (tertiary/aromatic N) is 1. The Morgan fingerprint density at radius 2 is 1.80 bits per heavy atom. The van der Waals surface area contributed by atoms with Crippen molar-refractivity contribution in [1.29, 1.82) is 0 Å². The van der Waals surface area contributed by atoms with Crippen LogP contribution in [0.15, 0.2) is 83.9 Å². The van der Waals surface area contributed by atoms with Gasteiger partial charge in [-0.05, 0) is 47.5 Å². The van der Waals surface area contributed by atoms with Crippen LogP contribution in [0.5, 0.6) is 11.5 Å². The van der Waals surface area contributed by atoms with E-state index < -0.39 is 17.9 Å². The number of thiocarbonyl (C=S) groups is 1. The summed E-state index contributed by atoms with van der Waals surface area (Å²) in [5.41, 5.74) is 2.82. The van der Waals surface area contributed by atoms with Crippen molar-refractivity contribution < 1.29 is 29.0 Å². The molecule has 0 radical (unpaired) electrons. The lowest BCUT2D eigenvalue weighted by molar-refractivity contribution is -0.145. The number of hydrogen-bond donors (Lipinski definition) is 2. The number of aliphatic carboxylic acids is 1. The first-order valence-electron chi connectivity index (χ1n) is 12.3. The van der Waals surface area contributed by atoms with Gasteiger partial charge in [0.25, 0.3) is 5.91 Å². The fraction of sp³-hybridized carbons (Fsp3) is 0.133. The van der Waals surface area contributed by atoms with E-state index in [1.54, 1.807) is 60.8 Å². The summed E-state index contributed by atoms with van der Waals surface area (Å²) in [6.45, 7) is -0.161. The molecule has 10 heteroatoms. The van der Waals surface area contributed by atoms with Crippen molar-refractivity contribution in [3.63, 3.8) is 0 Å². The lowest BCUT2D eigenvalue weighted by atomic mass is 10.0. The lowest BCUT2D eigenvalue weighted by Gasteiger charge is -2.23. The highest BCUT2D eigenvalue weighted by atomic mass is 32.2. The summed E-state index contributed by atoms with van der Waals surface area (Å²) in [5.74, 6) is -0.837. The van der Waals surface area contributed by atoms with Crippen LogP contribution in [0.3, 0.4) is 0 Å². The van der Waals surface area contributed by atoms with E-state index in [-0.39, 0.29) is 23.1 Å². The maximum Gasteiger partial charge on any atom is 0.327 e. The minimum Gasteiger partial charge on any atom is -0.496 e. The summed E-state index contributed by atoms with van der Waals surface area (Å²) < 4.78 is 11.1. The average molecular weight is 573 g/mol. The van der Waals surface area contributed by atoms with Crippen molar-refractivity contribution in [3.05, 3.63) is 101 Å². The Morgan fingerprint density at radius 1 is 1.07 bits per heavy atom. The number of aromatic amines is 1. The number of thioether (sulfide) groups is 1. The number of nitrogens with one attached hydrogen (secondary N) is 1. The second-order valence-corrected chi connectivity index (χ2v) is 10.6. The topological polar surface area (TPSA) is 109 Å². The summed E-state index contributed by atoms with van der Waals surface area (Å²) in [6.07, 6.45) is 3.54. The third-order valence-electron chi connectivity index (χ3n) is 6.46. The molecule has 0 unspecified atom stereocenters. The predicted molar refractivity (Wildman–Crippen MR) is 158 cm³/mol. The van der Waals surface area contributed by atoms with Gasteiger partial charge in [-0.15, -0.1) is 0 Å². The Kier molecular flexibility index (Phi) is 7.99. The van der Waals surface area contributed by atoms with Crippen LogP contribution >= 0.6 is 24.0 Å². The molecule has 1 atom stereocenters. The molecule has 8 nitrogen and oxygen atoms in total. The minimum atomic E-state index is -1.14. The normalized spacial score (nSPS) is 15.0. The summed E-state index contributed by atoms with van der Waals surface area (Å²) in [7, 11) is 1.51. The van der Waals surface area contributed by atoms with Gasteiger partial charge < -0.3 is 19.6 Å². The Labute approximate surface area is 239 Å². The number of H-pyrrole nitrogens is 1. The number of aromatic nitrogens is 1. The number of benzene rings is 3. The Bertz CT molecular complexity index is 1640. The monoisotopic (exact) mass is 572 g/mol. The van der Waals surface area contributed by atoms with E-state index in [4.69, 9.17) is 21.7 Å². The van der Waals surface area contributed by atoms with Crippen LogP contribution < -0.4 is 9.47 Å². The molecule has 202 valence electrons. The zero-order chi connectivity index (χ0) is 28.2. The number of carboxylic acids is 1. The molecule has 0 saturated carbocycles. The van der Waals surface area contributed by atoms with E-state index >= 15 is 0 Å². The van der Waals surface area contributed by atoms with Gasteiger partial charge in [0.05, 0.1) is 17.6 Å². The van der Waals surface area contributed by atoms with E-state index in [1.165, 1.54) is 12.0 Å². The summed E-state index contributed by atoms with van der Waals surface area (Å²) in [6, 6.07) is 20.3. The lowest BCUT2D eigenvalue weighted by Crippen LogP contribution is -2.45. The highest BCUT2D eigenvalue weighted by Crippen LogP contribution is 2.35. The molecule has 5 rings (SSSR count). The first-order valence-corrected chi connectivity index (χ1v) is 13.5. The highest BCUT2D eigenvalue weighted by molar-refractivity contribution is 8.26. The van der Waals surface area contributed by atoms with E-state index in [1.807, 2.05) is 24.3 Å². The molecule has 1 aliphatic heterocycles. The second kappa shape index (κ2) is 11.8. The zero-order valence-corrected chi connectivity index (χ0v) is 23.0. The van der Waals surface area contributed by atoms with Crippen molar-refractivity contribution in [1.82, 2.24) is 9.88 Å². The third-order valence-corrected chi connectivity index (χ3v) is 7.79. The molecule has 0 spiro atoms. The first-order chi connectivity index (χ1) is 19.4. The van der Waals surface area contributed by atoms with E-state index in [0.29, 0.717) is 27.5 Å². The number of ether oxygens (including phenoxy) is 2. The summed E-state index contributed by atoms with van der Waals surface area (Å²) >= 11 is 6.50. The van der Waals surface area contributed by atoms with Crippen LogP contribution in [-0.2, 0) is 16.0 Å². The number of fused-ring (bicyclic) bond motifs is 1. The fourth-order valence-corrected chi connectivity index (χ4v) is 5.82. The van der Waals surface area contributed by atoms with Crippen molar-refractivity contribution in [2.24, 2.45) is 0 Å². The predicted octanol–water partition coefficient (Wildman–Crippen LogP) is 5.34. The number of rotatable bonds is 10. The van der Waals surface area contributed by atoms with Crippen molar-refractivity contribution >= 4 is 62.9 Å². The van der Waals surface area contributed by atoms with Crippen LogP contribution in [0.4, 0.5) is 0 Å². The van der Waals surface area contributed by atoms with Gasteiger partial charge in [0.2, 0.25) is 5.78 Å². The van der Waals surface area contributed by atoms with E-state index in [9.17, 15) is 19.5 Å². The molecule has 1 aliphatic rings. The smallest absolute Gasteiger partial charge is 0.327 e. The molecule has 3 aromatic carbocycles. The van der Waals surface area contributed by atoms with Gasteiger partial charge in [-0.1, -0.05) is 66.4 Å². The average Bonchev–Trinajstić information content (AvgIpc) is 3.50. The van der Waals surface area contributed by atoms with Gasteiger partial charge in [0, 0.05) is 23.5 Å². The van der Waals surface area contributed by atoms with Crippen molar-refractivity contribution in [2.75, 3.05) is 13.7 Å². The number of para-hydroxylation sites is 2. The summed E-state index contributed by atoms with van der Waals surface area (Å²) in [4.78, 5) is 42.7. The zero-order valence-electron chi connectivity index (χ0n) is 21.3. The molecule has 4 aromatic rings. The number of carboxylic acid groups (broad SMARTS) is 1. The molecule has 2 N–H and O–H groups in total. The maximum absolute atomic E-state index is 13.3. The van der Waals surface area contributed by atoms with Crippen molar-refractivity contribution in [2.45, 2.75) is 12.5 Å². The number of carbonyl (C=O) groups excluding carboxylic acids is 2. The Morgan fingerprint density at radius 3 is 2.55 bits per heavy atom. The van der Waals surface area contributed by atoms with Gasteiger partial charge in [-0.2, -0.15) is 0 Å². The Hall–Kier alpha value is -4.41. The van der Waals surface area contributed by atoms with Crippen molar-refractivity contribution in [3.8, 4) is 11.5 Å². The first kappa shape index (κ1) is 27.2. The van der Waals surface area contributed by atoms with Gasteiger partial charge >= 0.3 is 5.97 Å². The third kappa shape index (κ3) is 5.63. The second-order valence-electron chi connectivity index (χ2n) is 8.95. The van der Waals surface area contributed by atoms with E-state index in [2.05, 4.69) is 4.98 Å². The maximum atomic E-state index is 13.3. The largest absolute Gasteiger partial charge is 0.496 e. The quantitative estimate of drug-likeness (QED) is 0.149.